The molecule has 0 aliphatic carbocycles. The molecule has 2 fully saturated rings. The van der Waals surface area contributed by atoms with Gasteiger partial charge in [-0.2, -0.15) is 0 Å². The molecular weight excluding hydrogens is 395 g/mol. The van der Waals surface area contributed by atoms with E-state index in [0.29, 0.717) is 29.1 Å². The molecule has 2 N–H and O–H groups in total. The lowest BCUT2D eigenvalue weighted by Gasteiger charge is -2.45. The number of fused-ring (bicyclic) bond motifs is 2. The number of phenols is 1. The van der Waals surface area contributed by atoms with Crippen molar-refractivity contribution in [3.05, 3.63) is 55.4 Å². The minimum Gasteiger partial charge on any atom is -0.507 e. The standard InChI is InChI=1S/C23H25FN6O/c1-14(17-11-22(2)6-7-23(3,29-22)20(17)24)18-12-26-21(28-27-18)16-5-4-15(10-19(16)31)30-9-8-25-13-30/h4-5,8-10,12-13,17,20,29,31H,1,6-7,11H2,2-3H3/t17?,20-,22-,23+/m0/s1. The first-order valence-corrected chi connectivity index (χ1v) is 10.4. The summed E-state index contributed by atoms with van der Waals surface area (Å²) >= 11 is 0. The van der Waals surface area contributed by atoms with Crippen LogP contribution in [0.1, 0.15) is 38.8 Å². The molecule has 1 aromatic carbocycles. The van der Waals surface area contributed by atoms with Crippen molar-refractivity contribution < 1.29 is 9.50 Å². The van der Waals surface area contributed by atoms with E-state index >= 15 is 4.39 Å². The van der Waals surface area contributed by atoms with Gasteiger partial charge in [0.05, 0.1) is 23.8 Å². The van der Waals surface area contributed by atoms with Gasteiger partial charge < -0.3 is 15.0 Å². The van der Waals surface area contributed by atoms with E-state index in [4.69, 9.17) is 0 Å². The Morgan fingerprint density at radius 1 is 1.29 bits per heavy atom. The Bertz CT molecular complexity index is 1130. The summed E-state index contributed by atoms with van der Waals surface area (Å²) in [5.74, 6) is 0.00933. The number of phenolic OH excluding ortho intramolecular Hbond substituents is 1. The maximum absolute atomic E-state index is 15.3. The Kier molecular flexibility index (Phi) is 4.44. The Morgan fingerprint density at radius 3 is 2.81 bits per heavy atom. The Morgan fingerprint density at radius 2 is 2.13 bits per heavy atom. The summed E-state index contributed by atoms with van der Waals surface area (Å²) in [5.41, 5.74) is 1.72. The number of piperidine rings is 1. The van der Waals surface area contributed by atoms with Gasteiger partial charge in [-0.3, -0.25) is 0 Å². The van der Waals surface area contributed by atoms with Gasteiger partial charge in [-0.15, -0.1) is 10.2 Å². The first kappa shape index (κ1) is 19.8. The normalized spacial score (nSPS) is 29.8. The van der Waals surface area contributed by atoms with Crippen molar-refractivity contribution in [1.82, 2.24) is 30.0 Å². The number of alkyl halides is 1. The van der Waals surface area contributed by atoms with E-state index in [0.717, 1.165) is 18.5 Å². The summed E-state index contributed by atoms with van der Waals surface area (Å²) in [7, 11) is 0. The van der Waals surface area contributed by atoms with Crippen LogP contribution in [0.15, 0.2) is 49.7 Å². The number of rotatable bonds is 4. The van der Waals surface area contributed by atoms with E-state index in [1.54, 1.807) is 41.6 Å². The minimum absolute atomic E-state index is 0.0409. The molecule has 7 nitrogen and oxygen atoms in total. The molecule has 2 aliphatic heterocycles. The van der Waals surface area contributed by atoms with Gasteiger partial charge in [0.1, 0.15) is 17.6 Å². The van der Waals surface area contributed by atoms with Gasteiger partial charge in [0.15, 0.2) is 5.82 Å². The average molecular weight is 420 g/mol. The van der Waals surface area contributed by atoms with Crippen LogP contribution in [0.2, 0.25) is 0 Å². The highest BCUT2D eigenvalue weighted by Crippen LogP contribution is 2.49. The zero-order valence-corrected chi connectivity index (χ0v) is 17.6. The van der Waals surface area contributed by atoms with Crippen molar-refractivity contribution in [3.8, 4) is 22.8 Å². The molecule has 1 unspecified atom stereocenters. The molecule has 4 heterocycles. The Balaban J connectivity index is 1.39. The lowest BCUT2D eigenvalue weighted by Crippen LogP contribution is -2.60. The van der Waals surface area contributed by atoms with Crippen molar-refractivity contribution in [2.75, 3.05) is 0 Å². The fourth-order valence-electron chi connectivity index (χ4n) is 5.06. The number of halogens is 1. The van der Waals surface area contributed by atoms with E-state index in [1.807, 2.05) is 13.0 Å². The smallest absolute Gasteiger partial charge is 0.185 e. The third-order valence-corrected chi connectivity index (χ3v) is 6.78. The fraction of sp³-hybridized carbons (Fsp3) is 0.391. The molecule has 3 aromatic rings. The predicted octanol–water partition coefficient (Wildman–Crippen LogP) is 3.70. The van der Waals surface area contributed by atoms with Crippen LogP contribution >= 0.6 is 0 Å². The molecule has 0 spiro atoms. The van der Waals surface area contributed by atoms with Gasteiger partial charge in [-0.05, 0) is 50.8 Å². The molecule has 4 atom stereocenters. The quantitative estimate of drug-likeness (QED) is 0.669. The number of benzene rings is 1. The summed E-state index contributed by atoms with van der Waals surface area (Å²) in [6, 6.07) is 5.19. The van der Waals surface area contributed by atoms with Crippen molar-refractivity contribution in [2.45, 2.75) is 50.4 Å². The SMILES string of the molecule is C=C(c1cnc(-c2ccc(-n3ccnc3)cc2O)nn1)C1C[C@]2(C)CC[C@@](C)(N2)[C@H]1F. The highest BCUT2D eigenvalue weighted by Gasteiger charge is 2.55. The second-order valence-electron chi connectivity index (χ2n) is 9.18. The lowest BCUT2D eigenvalue weighted by molar-refractivity contribution is 0.0770. The number of nitrogens with zero attached hydrogens (tertiary/aromatic N) is 5. The molecule has 2 aliphatic rings. The predicted molar refractivity (Wildman–Crippen MR) is 115 cm³/mol. The number of aromatic nitrogens is 5. The molecule has 0 saturated carbocycles. The third-order valence-electron chi connectivity index (χ3n) is 6.78. The first-order valence-electron chi connectivity index (χ1n) is 10.4. The van der Waals surface area contributed by atoms with Gasteiger partial charge >= 0.3 is 0 Å². The Labute approximate surface area is 180 Å². The molecule has 0 radical (unpaired) electrons. The highest BCUT2D eigenvalue weighted by atomic mass is 19.1. The molecule has 5 rings (SSSR count). The van der Waals surface area contributed by atoms with Crippen molar-refractivity contribution in [3.63, 3.8) is 0 Å². The average Bonchev–Trinajstić information content (AvgIpc) is 3.38. The number of allylic oxidation sites excluding steroid dienone is 1. The van der Waals surface area contributed by atoms with Crippen LogP contribution in [0.5, 0.6) is 5.75 Å². The second kappa shape index (κ2) is 6.95. The zero-order valence-electron chi connectivity index (χ0n) is 17.6. The van der Waals surface area contributed by atoms with Gasteiger partial charge in [0.2, 0.25) is 0 Å². The number of hydrogen-bond acceptors (Lipinski definition) is 6. The Hall–Kier alpha value is -3.13. The summed E-state index contributed by atoms with van der Waals surface area (Å²) in [4.78, 5) is 8.39. The van der Waals surface area contributed by atoms with E-state index in [2.05, 4.69) is 39.0 Å². The molecule has 0 amide bonds. The number of imidazole rings is 1. The van der Waals surface area contributed by atoms with E-state index in [9.17, 15) is 5.11 Å². The van der Waals surface area contributed by atoms with Crippen LogP contribution in [-0.2, 0) is 0 Å². The topological polar surface area (TPSA) is 88.8 Å². The van der Waals surface area contributed by atoms with Gasteiger partial charge in [-0.1, -0.05) is 6.58 Å². The first-order chi connectivity index (χ1) is 14.8. The molecule has 2 bridgehead atoms. The van der Waals surface area contributed by atoms with E-state index in [1.165, 1.54) is 0 Å². The minimum atomic E-state index is -1.04. The van der Waals surface area contributed by atoms with E-state index < -0.39 is 11.7 Å². The van der Waals surface area contributed by atoms with E-state index in [-0.39, 0.29) is 17.2 Å². The molecule has 160 valence electrons. The maximum atomic E-state index is 15.3. The maximum Gasteiger partial charge on any atom is 0.185 e. The van der Waals surface area contributed by atoms with Crippen molar-refractivity contribution >= 4 is 5.57 Å². The monoisotopic (exact) mass is 420 g/mol. The third kappa shape index (κ3) is 3.31. The summed E-state index contributed by atoms with van der Waals surface area (Å²) in [6.45, 7) is 8.25. The molecule has 2 saturated heterocycles. The van der Waals surface area contributed by atoms with Crippen LogP contribution < -0.4 is 5.32 Å². The molecule has 31 heavy (non-hydrogen) atoms. The summed E-state index contributed by atoms with van der Waals surface area (Å²) in [6.07, 6.45) is 8.06. The zero-order chi connectivity index (χ0) is 21.8. The van der Waals surface area contributed by atoms with Gasteiger partial charge in [-0.25, -0.2) is 14.4 Å². The fourth-order valence-corrected chi connectivity index (χ4v) is 5.06. The second-order valence-corrected chi connectivity index (χ2v) is 9.18. The number of nitrogens with one attached hydrogen (secondary N) is 1. The summed E-state index contributed by atoms with van der Waals surface area (Å²) < 4.78 is 17.1. The highest BCUT2D eigenvalue weighted by molar-refractivity contribution is 5.67. The summed E-state index contributed by atoms with van der Waals surface area (Å²) in [5, 5.41) is 22.4. The van der Waals surface area contributed by atoms with Gasteiger partial charge in [0.25, 0.3) is 0 Å². The number of aromatic hydroxyl groups is 1. The number of hydrogen-bond donors (Lipinski definition) is 2. The molecule has 2 aromatic heterocycles. The molecular formula is C23H25FN6O. The van der Waals surface area contributed by atoms with Crippen molar-refractivity contribution in [2.24, 2.45) is 5.92 Å². The van der Waals surface area contributed by atoms with Crippen LogP contribution in [0.4, 0.5) is 4.39 Å². The van der Waals surface area contributed by atoms with Crippen LogP contribution in [0, 0.1) is 5.92 Å². The van der Waals surface area contributed by atoms with Crippen LogP contribution in [0.25, 0.3) is 22.6 Å². The van der Waals surface area contributed by atoms with Gasteiger partial charge in [0, 0.05) is 35.5 Å². The molecule has 8 heteroatoms. The largest absolute Gasteiger partial charge is 0.507 e. The lowest BCUT2D eigenvalue weighted by atomic mass is 9.75. The van der Waals surface area contributed by atoms with Crippen molar-refractivity contribution in [1.29, 1.82) is 0 Å². The van der Waals surface area contributed by atoms with Crippen LogP contribution in [-0.4, -0.2) is 47.1 Å². The van der Waals surface area contributed by atoms with Crippen LogP contribution in [0.3, 0.4) is 0 Å².